The minimum atomic E-state index is -0.414. The summed E-state index contributed by atoms with van der Waals surface area (Å²) in [5.41, 5.74) is 1.74. The molecule has 3 aromatic rings. The molecule has 1 aromatic heterocycles. The van der Waals surface area contributed by atoms with E-state index in [2.05, 4.69) is 22.7 Å². The first-order valence-electron chi connectivity index (χ1n) is 11.9. The first-order valence-corrected chi connectivity index (χ1v) is 11.9. The van der Waals surface area contributed by atoms with Crippen molar-refractivity contribution in [1.29, 1.82) is 0 Å². The predicted molar refractivity (Wildman–Crippen MR) is 137 cm³/mol. The van der Waals surface area contributed by atoms with E-state index in [1.165, 1.54) is 17.0 Å². The highest BCUT2D eigenvalue weighted by atomic mass is 19.1. The maximum Gasteiger partial charge on any atom is 0.318 e. The van der Waals surface area contributed by atoms with Gasteiger partial charge in [-0.15, -0.1) is 0 Å². The van der Waals surface area contributed by atoms with Crippen LogP contribution in [0.1, 0.15) is 47.0 Å². The molecule has 2 aromatic carbocycles. The van der Waals surface area contributed by atoms with E-state index < -0.39 is 5.54 Å². The molecule has 0 saturated carbocycles. The van der Waals surface area contributed by atoms with Gasteiger partial charge in [0, 0.05) is 23.7 Å². The number of aromatic nitrogens is 2. The van der Waals surface area contributed by atoms with Crippen molar-refractivity contribution in [3.05, 3.63) is 66.5 Å². The lowest BCUT2D eigenvalue weighted by Crippen LogP contribution is -2.50. The molecule has 0 atom stereocenters. The Kier molecular flexibility index (Phi) is 8.63. The quantitative estimate of drug-likeness (QED) is 0.391. The molecule has 1 heterocycles. The lowest BCUT2D eigenvalue weighted by molar-refractivity contribution is -0.116. The van der Waals surface area contributed by atoms with Crippen molar-refractivity contribution in [1.82, 2.24) is 20.0 Å². The topological polar surface area (TPSA) is 79.3 Å². The fourth-order valence-electron chi connectivity index (χ4n) is 3.56. The summed E-state index contributed by atoms with van der Waals surface area (Å²) in [6.07, 6.45) is 2.80. The van der Waals surface area contributed by atoms with Crippen molar-refractivity contribution in [2.75, 3.05) is 18.4 Å². The van der Waals surface area contributed by atoms with Crippen molar-refractivity contribution in [3.8, 4) is 16.9 Å². The number of amides is 3. The first kappa shape index (κ1) is 25.9. The molecule has 7 nitrogen and oxygen atoms in total. The van der Waals surface area contributed by atoms with Crippen LogP contribution in [-0.4, -0.2) is 45.2 Å². The van der Waals surface area contributed by atoms with Crippen LogP contribution in [0.4, 0.5) is 15.0 Å². The standard InChI is InChI=1S/C27H34FN5O2/c1-5-6-10-17-32(26(35)30-27(2,3)4)19-25(34)29-24-18-23(20-11-8-7-9-12-20)31-33(24)22-15-13-21(28)14-16-22/h7-9,11-16,18H,5-6,10,17,19H2,1-4H3,(H,29,34)(H,30,35). The van der Waals surface area contributed by atoms with E-state index >= 15 is 0 Å². The van der Waals surface area contributed by atoms with Gasteiger partial charge in [0.25, 0.3) is 0 Å². The van der Waals surface area contributed by atoms with Gasteiger partial charge in [0.05, 0.1) is 11.4 Å². The monoisotopic (exact) mass is 479 g/mol. The summed E-state index contributed by atoms with van der Waals surface area (Å²) in [6.45, 7) is 8.19. The molecule has 0 fully saturated rings. The van der Waals surface area contributed by atoms with Crippen molar-refractivity contribution < 1.29 is 14.0 Å². The van der Waals surface area contributed by atoms with Gasteiger partial charge in [0.1, 0.15) is 18.2 Å². The summed E-state index contributed by atoms with van der Waals surface area (Å²) in [5.74, 6) is -0.263. The van der Waals surface area contributed by atoms with E-state index in [9.17, 15) is 14.0 Å². The van der Waals surface area contributed by atoms with E-state index in [1.807, 2.05) is 51.1 Å². The smallest absolute Gasteiger partial charge is 0.318 e. The van der Waals surface area contributed by atoms with Gasteiger partial charge in [-0.2, -0.15) is 5.10 Å². The zero-order valence-corrected chi connectivity index (χ0v) is 20.8. The van der Waals surface area contributed by atoms with Gasteiger partial charge in [0.2, 0.25) is 5.91 Å². The van der Waals surface area contributed by atoms with Crippen LogP contribution < -0.4 is 10.6 Å². The van der Waals surface area contributed by atoms with Gasteiger partial charge in [-0.25, -0.2) is 13.9 Å². The molecule has 0 aliphatic heterocycles. The summed E-state index contributed by atoms with van der Waals surface area (Å²) < 4.78 is 15.1. The second-order valence-electron chi connectivity index (χ2n) is 9.53. The number of unbranched alkanes of at least 4 members (excludes halogenated alkanes) is 2. The van der Waals surface area contributed by atoms with Crippen LogP contribution in [0.3, 0.4) is 0 Å². The third-order valence-corrected chi connectivity index (χ3v) is 5.25. The Hall–Kier alpha value is -3.68. The number of nitrogens with one attached hydrogen (secondary N) is 2. The van der Waals surface area contributed by atoms with Crippen LogP contribution in [0.5, 0.6) is 0 Å². The Labute approximate surface area is 206 Å². The normalized spacial score (nSPS) is 11.2. The summed E-state index contributed by atoms with van der Waals surface area (Å²) in [5, 5.41) is 10.5. The molecule has 0 spiro atoms. The summed E-state index contributed by atoms with van der Waals surface area (Å²) in [6, 6.07) is 17.0. The number of hydrogen-bond donors (Lipinski definition) is 2. The van der Waals surface area contributed by atoms with E-state index in [4.69, 9.17) is 0 Å². The number of rotatable bonds is 9. The van der Waals surface area contributed by atoms with Gasteiger partial charge in [0.15, 0.2) is 0 Å². The van der Waals surface area contributed by atoms with Crippen LogP contribution in [-0.2, 0) is 4.79 Å². The van der Waals surface area contributed by atoms with Crippen molar-refractivity contribution in [2.45, 2.75) is 52.5 Å². The second-order valence-corrected chi connectivity index (χ2v) is 9.53. The summed E-state index contributed by atoms with van der Waals surface area (Å²) >= 11 is 0. The van der Waals surface area contributed by atoms with E-state index in [1.54, 1.807) is 22.9 Å². The minimum Gasteiger partial charge on any atom is -0.333 e. The van der Waals surface area contributed by atoms with Crippen molar-refractivity contribution in [2.24, 2.45) is 0 Å². The molecular formula is C27H34FN5O2. The highest BCUT2D eigenvalue weighted by Gasteiger charge is 2.22. The Bertz CT molecular complexity index is 1120. The Morgan fingerprint density at radius 2 is 1.71 bits per heavy atom. The Morgan fingerprint density at radius 3 is 2.34 bits per heavy atom. The van der Waals surface area contributed by atoms with Gasteiger partial charge < -0.3 is 15.5 Å². The minimum absolute atomic E-state index is 0.0963. The number of hydrogen-bond acceptors (Lipinski definition) is 3. The number of halogens is 1. The Balaban J connectivity index is 1.84. The van der Waals surface area contributed by atoms with Crippen LogP contribution in [0.25, 0.3) is 16.9 Å². The molecule has 2 N–H and O–H groups in total. The Morgan fingerprint density at radius 1 is 1.03 bits per heavy atom. The maximum absolute atomic E-state index is 13.5. The molecule has 3 amide bonds. The van der Waals surface area contributed by atoms with Crippen LogP contribution in [0, 0.1) is 5.82 Å². The van der Waals surface area contributed by atoms with Gasteiger partial charge >= 0.3 is 6.03 Å². The van der Waals surface area contributed by atoms with Gasteiger partial charge in [-0.05, 0) is 51.5 Å². The van der Waals surface area contributed by atoms with Crippen LogP contribution in [0.2, 0.25) is 0 Å². The molecule has 0 bridgehead atoms. The molecule has 0 unspecified atom stereocenters. The summed E-state index contributed by atoms with van der Waals surface area (Å²) in [7, 11) is 0. The highest BCUT2D eigenvalue weighted by Crippen LogP contribution is 2.25. The van der Waals surface area contributed by atoms with E-state index in [0.29, 0.717) is 23.7 Å². The summed E-state index contributed by atoms with van der Waals surface area (Å²) in [4.78, 5) is 27.4. The molecule has 186 valence electrons. The zero-order valence-electron chi connectivity index (χ0n) is 20.8. The third-order valence-electron chi connectivity index (χ3n) is 5.25. The molecule has 0 aliphatic carbocycles. The number of carbonyl (C=O) groups excluding carboxylic acids is 2. The maximum atomic E-state index is 13.5. The van der Waals surface area contributed by atoms with E-state index in [0.717, 1.165) is 24.8 Å². The number of anilines is 1. The largest absolute Gasteiger partial charge is 0.333 e. The average molecular weight is 480 g/mol. The lowest BCUT2D eigenvalue weighted by atomic mass is 10.1. The predicted octanol–water partition coefficient (Wildman–Crippen LogP) is 5.62. The fourth-order valence-corrected chi connectivity index (χ4v) is 3.56. The van der Waals surface area contributed by atoms with E-state index in [-0.39, 0.29) is 24.3 Å². The van der Waals surface area contributed by atoms with Gasteiger partial charge in [-0.1, -0.05) is 50.1 Å². The molecule has 0 radical (unpaired) electrons. The molecule has 0 saturated heterocycles. The molecule has 0 aliphatic rings. The second kappa shape index (κ2) is 11.6. The molecular weight excluding hydrogens is 445 g/mol. The number of benzene rings is 2. The fraction of sp³-hybridized carbons (Fsp3) is 0.370. The number of carbonyl (C=O) groups is 2. The zero-order chi connectivity index (χ0) is 25.4. The molecule has 8 heteroatoms. The third kappa shape index (κ3) is 7.67. The van der Waals surface area contributed by atoms with Gasteiger partial charge in [-0.3, -0.25) is 4.79 Å². The molecule has 3 rings (SSSR count). The number of nitrogens with zero attached hydrogens (tertiary/aromatic N) is 3. The lowest BCUT2D eigenvalue weighted by Gasteiger charge is -2.28. The highest BCUT2D eigenvalue weighted by molar-refractivity contribution is 5.94. The van der Waals surface area contributed by atoms with Crippen molar-refractivity contribution in [3.63, 3.8) is 0 Å². The average Bonchev–Trinajstić information content (AvgIpc) is 3.22. The van der Waals surface area contributed by atoms with Crippen molar-refractivity contribution >= 4 is 17.8 Å². The van der Waals surface area contributed by atoms with Crippen LogP contribution >= 0.6 is 0 Å². The molecule has 35 heavy (non-hydrogen) atoms. The number of urea groups is 1. The first-order chi connectivity index (χ1) is 16.7. The SMILES string of the molecule is CCCCCN(CC(=O)Nc1cc(-c2ccccc2)nn1-c1ccc(F)cc1)C(=O)NC(C)(C)C. The van der Waals surface area contributed by atoms with Crippen LogP contribution in [0.15, 0.2) is 60.7 Å².